The molecule has 2 rings (SSSR count). The molecule has 1 aromatic heterocycles. The minimum atomic E-state index is -0.103. The van der Waals surface area contributed by atoms with E-state index in [0.717, 1.165) is 30.7 Å². The van der Waals surface area contributed by atoms with Gasteiger partial charge < -0.3 is 20.5 Å². The van der Waals surface area contributed by atoms with E-state index in [1.54, 1.807) is 0 Å². The Kier molecular flexibility index (Phi) is 12.8. The van der Waals surface area contributed by atoms with Crippen LogP contribution in [-0.2, 0) is 17.8 Å². The summed E-state index contributed by atoms with van der Waals surface area (Å²) in [6.45, 7) is 8.13. The number of aliphatic imine (C=N–C) groups is 1. The predicted molar refractivity (Wildman–Crippen MR) is 131 cm³/mol. The molecular formula is C22H34IN5O2. The molecule has 0 spiro atoms. The van der Waals surface area contributed by atoms with Gasteiger partial charge in [0.15, 0.2) is 11.7 Å². The van der Waals surface area contributed by atoms with Crippen molar-refractivity contribution in [1.82, 2.24) is 21.1 Å². The van der Waals surface area contributed by atoms with E-state index in [1.165, 1.54) is 5.56 Å². The average Bonchev–Trinajstić information content (AvgIpc) is 3.20. The van der Waals surface area contributed by atoms with Crippen LogP contribution in [0.25, 0.3) is 0 Å². The van der Waals surface area contributed by atoms with Crippen molar-refractivity contribution in [3.63, 3.8) is 0 Å². The summed E-state index contributed by atoms with van der Waals surface area (Å²) in [6, 6.07) is 12.1. The lowest BCUT2D eigenvalue weighted by molar-refractivity contribution is -0.119. The third-order valence-electron chi connectivity index (χ3n) is 4.71. The zero-order valence-corrected chi connectivity index (χ0v) is 20.4. The van der Waals surface area contributed by atoms with Gasteiger partial charge in [0.2, 0.25) is 5.91 Å². The first-order chi connectivity index (χ1) is 14.2. The highest BCUT2D eigenvalue weighted by Gasteiger charge is 2.13. The highest BCUT2D eigenvalue weighted by molar-refractivity contribution is 14.0. The van der Waals surface area contributed by atoms with E-state index in [4.69, 9.17) is 4.52 Å². The van der Waals surface area contributed by atoms with Crippen LogP contribution < -0.4 is 16.0 Å². The number of rotatable bonds is 11. The number of benzene rings is 1. The lowest BCUT2D eigenvalue weighted by Crippen LogP contribution is -2.38. The first-order valence-electron chi connectivity index (χ1n) is 10.4. The summed E-state index contributed by atoms with van der Waals surface area (Å²) < 4.78 is 5.42. The molecule has 8 heteroatoms. The first kappa shape index (κ1) is 25.9. The van der Waals surface area contributed by atoms with Crippen molar-refractivity contribution in [1.29, 1.82) is 0 Å². The SMILES string of the molecule is CCNC(=NCC(=O)NCCc1ccccc1)NCc1cc(C(CC)CC)no1.I. The fourth-order valence-corrected chi connectivity index (χ4v) is 3.02. The number of aromatic nitrogens is 1. The van der Waals surface area contributed by atoms with Crippen molar-refractivity contribution in [2.45, 2.75) is 52.5 Å². The van der Waals surface area contributed by atoms with Gasteiger partial charge in [0.25, 0.3) is 0 Å². The highest BCUT2D eigenvalue weighted by Crippen LogP contribution is 2.22. The molecule has 1 amide bonds. The van der Waals surface area contributed by atoms with Gasteiger partial charge >= 0.3 is 0 Å². The Balaban J connectivity index is 0.00000450. The molecule has 1 aromatic carbocycles. The van der Waals surface area contributed by atoms with Crippen LogP contribution in [-0.4, -0.2) is 36.7 Å². The van der Waals surface area contributed by atoms with Gasteiger partial charge in [-0.1, -0.05) is 49.3 Å². The van der Waals surface area contributed by atoms with Crippen molar-refractivity contribution < 1.29 is 9.32 Å². The minimum absolute atomic E-state index is 0. The highest BCUT2D eigenvalue weighted by atomic mass is 127. The molecule has 0 aliphatic rings. The normalized spacial score (nSPS) is 11.1. The number of nitrogens with zero attached hydrogens (tertiary/aromatic N) is 2. The molecular weight excluding hydrogens is 493 g/mol. The Hall–Kier alpha value is -2.10. The molecule has 3 N–H and O–H groups in total. The van der Waals surface area contributed by atoms with E-state index in [2.05, 4.69) is 52.1 Å². The van der Waals surface area contributed by atoms with Crippen LogP contribution in [0.15, 0.2) is 45.9 Å². The number of halogens is 1. The van der Waals surface area contributed by atoms with Crippen molar-refractivity contribution in [2.24, 2.45) is 4.99 Å². The summed E-state index contributed by atoms with van der Waals surface area (Å²) in [5.74, 6) is 1.65. The molecule has 30 heavy (non-hydrogen) atoms. The molecule has 0 aliphatic heterocycles. The zero-order chi connectivity index (χ0) is 20.9. The molecule has 0 fully saturated rings. The minimum Gasteiger partial charge on any atom is -0.359 e. The van der Waals surface area contributed by atoms with Gasteiger partial charge in [-0.05, 0) is 31.7 Å². The zero-order valence-electron chi connectivity index (χ0n) is 18.1. The lowest BCUT2D eigenvalue weighted by atomic mass is 9.99. The topological polar surface area (TPSA) is 91.5 Å². The number of carbonyl (C=O) groups is 1. The van der Waals surface area contributed by atoms with Crippen molar-refractivity contribution >= 4 is 35.8 Å². The van der Waals surface area contributed by atoms with Crippen LogP contribution >= 0.6 is 24.0 Å². The van der Waals surface area contributed by atoms with Gasteiger partial charge in [-0.25, -0.2) is 4.99 Å². The summed E-state index contributed by atoms with van der Waals surface area (Å²) in [6.07, 6.45) is 2.89. The largest absolute Gasteiger partial charge is 0.359 e. The van der Waals surface area contributed by atoms with Crippen molar-refractivity contribution in [3.05, 3.63) is 53.4 Å². The molecule has 0 atom stereocenters. The van der Waals surface area contributed by atoms with Crippen LogP contribution in [0.1, 0.15) is 56.5 Å². The van der Waals surface area contributed by atoms with Gasteiger partial charge in [-0.2, -0.15) is 0 Å². The number of carbonyl (C=O) groups excluding carboxylic acids is 1. The number of nitrogens with one attached hydrogen (secondary N) is 3. The summed E-state index contributed by atoms with van der Waals surface area (Å²) in [7, 11) is 0. The standard InChI is InChI=1S/C22H33N5O2.HI/c1-4-18(5-2)20-14-19(29-27-20)15-25-22(23-6-3)26-16-21(28)24-13-12-17-10-8-7-9-11-17;/h7-11,14,18H,4-6,12-13,15-16H2,1-3H3,(H,24,28)(H2,23,25,26);1H. The Morgan fingerprint density at radius 1 is 1.10 bits per heavy atom. The molecule has 1 heterocycles. The van der Waals surface area contributed by atoms with Gasteiger partial charge in [-0.3, -0.25) is 4.79 Å². The summed E-state index contributed by atoms with van der Waals surface area (Å²) in [5, 5.41) is 13.4. The molecule has 0 aliphatic carbocycles. The number of amides is 1. The Labute approximate surface area is 196 Å². The maximum atomic E-state index is 12.1. The number of hydrogen-bond acceptors (Lipinski definition) is 4. The molecule has 0 radical (unpaired) electrons. The maximum absolute atomic E-state index is 12.1. The second-order valence-corrected chi connectivity index (χ2v) is 6.87. The van der Waals surface area contributed by atoms with E-state index in [-0.39, 0.29) is 36.4 Å². The third kappa shape index (κ3) is 9.15. The van der Waals surface area contributed by atoms with Crippen LogP contribution in [0, 0.1) is 0 Å². The second-order valence-electron chi connectivity index (χ2n) is 6.87. The third-order valence-corrected chi connectivity index (χ3v) is 4.71. The van der Waals surface area contributed by atoms with E-state index in [0.29, 0.717) is 31.5 Å². The van der Waals surface area contributed by atoms with Gasteiger partial charge in [0, 0.05) is 25.1 Å². The average molecular weight is 527 g/mol. The van der Waals surface area contributed by atoms with Crippen LogP contribution in [0.2, 0.25) is 0 Å². The first-order valence-corrected chi connectivity index (χ1v) is 10.4. The monoisotopic (exact) mass is 527 g/mol. The number of guanidine groups is 1. The molecule has 0 unspecified atom stereocenters. The maximum Gasteiger partial charge on any atom is 0.241 e. The quantitative estimate of drug-likeness (QED) is 0.236. The molecule has 0 saturated heterocycles. The van der Waals surface area contributed by atoms with Crippen LogP contribution in [0.5, 0.6) is 0 Å². The molecule has 0 bridgehead atoms. The van der Waals surface area contributed by atoms with E-state index in [9.17, 15) is 4.79 Å². The Morgan fingerprint density at radius 2 is 1.83 bits per heavy atom. The Morgan fingerprint density at radius 3 is 2.50 bits per heavy atom. The van der Waals surface area contributed by atoms with Crippen molar-refractivity contribution in [3.8, 4) is 0 Å². The van der Waals surface area contributed by atoms with Crippen molar-refractivity contribution in [2.75, 3.05) is 19.6 Å². The van der Waals surface area contributed by atoms with E-state index >= 15 is 0 Å². The second kappa shape index (κ2) is 14.8. The Bertz CT molecular complexity index is 760. The molecule has 0 saturated carbocycles. The smallest absolute Gasteiger partial charge is 0.241 e. The van der Waals surface area contributed by atoms with Gasteiger partial charge in [0.05, 0.1) is 12.2 Å². The summed E-state index contributed by atoms with van der Waals surface area (Å²) >= 11 is 0. The van der Waals surface area contributed by atoms with E-state index < -0.39 is 0 Å². The summed E-state index contributed by atoms with van der Waals surface area (Å²) in [5.41, 5.74) is 2.19. The van der Waals surface area contributed by atoms with E-state index in [1.807, 2.05) is 31.2 Å². The van der Waals surface area contributed by atoms with Crippen LogP contribution in [0.3, 0.4) is 0 Å². The predicted octanol–water partition coefficient (Wildman–Crippen LogP) is 3.61. The lowest BCUT2D eigenvalue weighted by Gasteiger charge is -2.10. The number of hydrogen-bond donors (Lipinski definition) is 3. The molecule has 166 valence electrons. The summed E-state index contributed by atoms with van der Waals surface area (Å²) in [4.78, 5) is 16.4. The van der Waals surface area contributed by atoms with Gasteiger partial charge in [0.1, 0.15) is 6.54 Å². The fraction of sp³-hybridized carbons (Fsp3) is 0.500. The molecule has 7 nitrogen and oxygen atoms in total. The van der Waals surface area contributed by atoms with Gasteiger partial charge in [-0.15, -0.1) is 24.0 Å². The molecule has 2 aromatic rings. The fourth-order valence-electron chi connectivity index (χ4n) is 3.02. The van der Waals surface area contributed by atoms with Crippen LogP contribution in [0.4, 0.5) is 0 Å².